The minimum absolute atomic E-state index is 0.0906. The van der Waals surface area contributed by atoms with Gasteiger partial charge >= 0.3 is 11.9 Å². The maximum atomic E-state index is 11.8. The fourth-order valence-electron chi connectivity index (χ4n) is 2.08. The molecule has 2 rings (SSSR count). The number of ether oxygens (including phenoxy) is 3. The van der Waals surface area contributed by atoms with Gasteiger partial charge in [-0.3, -0.25) is 4.79 Å². The molecular weight excluding hydrogens is 276 g/mol. The van der Waals surface area contributed by atoms with Gasteiger partial charge in [0.25, 0.3) is 0 Å². The van der Waals surface area contributed by atoms with Crippen molar-refractivity contribution < 1.29 is 28.9 Å². The van der Waals surface area contributed by atoms with Crippen molar-refractivity contribution in [2.24, 2.45) is 0 Å². The lowest BCUT2D eigenvalue weighted by Crippen LogP contribution is -2.43. The molecule has 0 aromatic heterocycles. The van der Waals surface area contributed by atoms with E-state index in [1.807, 2.05) is 0 Å². The number of rotatable bonds is 4. The van der Waals surface area contributed by atoms with Gasteiger partial charge in [-0.15, -0.1) is 0 Å². The molecule has 6 nitrogen and oxygen atoms in total. The molecule has 3 atom stereocenters. The topological polar surface area (TPSA) is 82.1 Å². The molecule has 6 heteroatoms. The predicted molar refractivity (Wildman–Crippen MR) is 72.4 cm³/mol. The summed E-state index contributed by atoms with van der Waals surface area (Å²) in [6, 6.07) is 8.55. The zero-order valence-corrected chi connectivity index (χ0v) is 11.7. The average Bonchev–Trinajstić information content (AvgIpc) is 2.48. The molecule has 1 heterocycles. The first-order valence-electron chi connectivity index (χ1n) is 6.79. The van der Waals surface area contributed by atoms with Crippen molar-refractivity contribution in [3.8, 4) is 0 Å². The zero-order valence-electron chi connectivity index (χ0n) is 11.7. The molecule has 21 heavy (non-hydrogen) atoms. The molecule has 1 aliphatic heterocycles. The van der Waals surface area contributed by atoms with E-state index in [1.54, 1.807) is 30.3 Å². The Morgan fingerprint density at radius 3 is 2.67 bits per heavy atom. The highest BCUT2D eigenvalue weighted by atomic mass is 16.7. The quantitative estimate of drug-likeness (QED) is 0.842. The lowest BCUT2D eigenvalue weighted by molar-refractivity contribution is -0.226. The average molecular weight is 294 g/mol. The van der Waals surface area contributed by atoms with E-state index in [0.717, 1.165) is 0 Å². The highest BCUT2D eigenvalue weighted by Crippen LogP contribution is 2.21. The summed E-state index contributed by atoms with van der Waals surface area (Å²) < 4.78 is 15.5. The number of hydrogen-bond acceptors (Lipinski definition) is 6. The van der Waals surface area contributed by atoms with Gasteiger partial charge in [0.1, 0.15) is 12.7 Å². The Hall–Kier alpha value is -1.92. The van der Waals surface area contributed by atoms with E-state index in [2.05, 4.69) is 0 Å². The van der Waals surface area contributed by atoms with Gasteiger partial charge < -0.3 is 19.3 Å². The third kappa shape index (κ3) is 4.54. The minimum atomic E-state index is -0.750. The molecule has 1 N–H and O–H groups in total. The first-order chi connectivity index (χ1) is 10.1. The van der Waals surface area contributed by atoms with E-state index in [-0.39, 0.29) is 6.61 Å². The van der Waals surface area contributed by atoms with E-state index in [0.29, 0.717) is 18.4 Å². The van der Waals surface area contributed by atoms with Gasteiger partial charge in [-0.2, -0.15) is 0 Å². The summed E-state index contributed by atoms with van der Waals surface area (Å²) in [6.07, 6.45) is -1.31. The smallest absolute Gasteiger partial charge is 0.338 e. The third-order valence-electron chi connectivity index (χ3n) is 3.14. The lowest BCUT2D eigenvalue weighted by Gasteiger charge is -2.32. The zero-order chi connectivity index (χ0) is 15.2. The maximum absolute atomic E-state index is 11.8. The first kappa shape index (κ1) is 15.5. The van der Waals surface area contributed by atoms with Crippen LogP contribution in [-0.2, 0) is 19.0 Å². The van der Waals surface area contributed by atoms with Crippen LogP contribution in [0.3, 0.4) is 0 Å². The largest absolute Gasteiger partial charge is 0.459 e. The van der Waals surface area contributed by atoms with Gasteiger partial charge in [-0.05, 0) is 18.6 Å². The van der Waals surface area contributed by atoms with E-state index in [9.17, 15) is 14.7 Å². The molecule has 0 spiro atoms. The van der Waals surface area contributed by atoms with Crippen molar-refractivity contribution in [2.75, 3.05) is 6.61 Å². The monoisotopic (exact) mass is 294 g/mol. The predicted octanol–water partition coefficient (Wildman–Crippen LogP) is 1.27. The highest BCUT2D eigenvalue weighted by Gasteiger charge is 2.32. The highest BCUT2D eigenvalue weighted by molar-refractivity contribution is 5.89. The maximum Gasteiger partial charge on any atom is 0.338 e. The normalized spacial score (nSPS) is 25.1. The SMILES string of the molecule is CC(=O)O[C@@H]1CC[C@H](O)[C@@H](COC(=O)c2ccccc2)O1. The standard InChI is InChI=1S/C15H18O6/c1-10(16)20-14-8-7-12(17)13(21-14)9-19-15(18)11-5-3-2-4-6-11/h2-6,12-14,17H,7-9H2,1H3/t12-,13+,14-/m0/s1. The molecule has 1 fully saturated rings. The molecule has 114 valence electrons. The summed E-state index contributed by atoms with van der Waals surface area (Å²) in [7, 11) is 0. The minimum Gasteiger partial charge on any atom is -0.459 e. The van der Waals surface area contributed by atoms with Crippen molar-refractivity contribution >= 4 is 11.9 Å². The van der Waals surface area contributed by atoms with E-state index in [1.165, 1.54) is 6.92 Å². The number of aliphatic hydroxyl groups excluding tert-OH is 1. The van der Waals surface area contributed by atoms with E-state index < -0.39 is 30.4 Å². The summed E-state index contributed by atoms with van der Waals surface area (Å²) in [6.45, 7) is 1.20. The Labute approximate surface area is 122 Å². The van der Waals surface area contributed by atoms with Crippen LogP contribution in [0.25, 0.3) is 0 Å². The van der Waals surface area contributed by atoms with Crippen molar-refractivity contribution in [1.29, 1.82) is 0 Å². The Kier molecular flexibility index (Phi) is 5.30. The number of aliphatic hydroxyl groups is 1. The molecule has 0 saturated carbocycles. The van der Waals surface area contributed by atoms with E-state index in [4.69, 9.17) is 14.2 Å². The number of esters is 2. The number of carbonyl (C=O) groups excluding carboxylic acids is 2. The van der Waals surface area contributed by atoms with Crippen LogP contribution in [0.1, 0.15) is 30.1 Å². The Balaban J connectivity index is 1.86. The Morgan fingerprint density at radius 1 is 1.29 bits per heavy atom. The fourth-order valence-corrected chi connectivity index (χ4v) is 2.08. The van der Waals surface area contributed by atoms with Gasteiger partial charge in [0.15, 0.2) is 0 Å². The molecule has 0 radical (unpaired) electrons. The van der Waals surface area contributed by atoms with Gasteiger partial charge in [-0.25, -0.2) is 4.79 Å². The summed E-state index contributed by atoms with van der Waals surface area (Å²) >= 11 is 0. The number of carbonyl (C=O) groups is 2. The Morgan fingerprint density at radius 2 is 2.00 bits per heavy atom. The Bertz CT molecular complexity index is 486. The molecular formula is C15H18O6. The van der Waals surface area contributed by atoms with Crippen molar-refractivity contribution in [2.45, 2.75) is 38.3 Å². The third-order valence-corrected chi connectivity index (χ3v) is 3.14. The van der Waals surface area contributed by atoms with Crippen LogP contribution >= 0.6 is 0 Å². The molecule has 1 aliphatic rings. The van der Waals surface area contributed by atoms with Crippen LogP contribution in [0.2, 0.25) is 0 Å². The second kappa shape index (κ2) is 7.19. The van der Waals surface area contributed by atoms with Crippen LogP contribution in [-0.4, -0.2) is 42.1 Å². The van der Waals surface area contributed by atoms with Crippen LogP contribution in [0.4, 0.5) is 0 Å². The molecule has 0 aliphatic carbocycles. The van der Waals surface area contributed by atoms with Crippen LogP contribution < -0.4 is 0 Å². The second-order valence-corrected chi connectivity index (χ2v) is 4.82. The second-order valence-electron chi connectivity index (χ2n) is 4.82. The van der Waals surface area contributed by atoms with Crippen molar-refractivity contribution in [3.05, 3.63) is 35.9 Å². The van der Waals surface area contributed by atoms with Crippen molar-refractivity contribution in [1.82, 2.24) is 0 Å². The number of hydrogen-bond donors (Lipinski definition) is 1. The van der Waals surface area contributed by atoms with Crippen LogP contribution in [0.15, 0.2) is 30.3 Å². The summed E-state index contributed by atoms with van der Waals surface area (Å²) in [5.74, 6) is -0.933. The van der Waals surface area contributed by atoms with Crippen LogP contribution in [0.5, 0.6) is 0 Å². The first-order valence-corrected chi connectivity index (χ1v) is 6.79. The lowest BCUT2D eigenvalue weighted by atomic mass is 10.1. The molecule has 0 bridgehead atoms. The fraction of sp³-hybridized carbons (Fsp3) is 0.467. The summed E-state index contributed by atoms with van der Waals surface area (Å²) in [4.78, 5) is 22.7. The molecule has 1 aromatic carbocycles. The summed E-state index contributed by atoms with van der Waals surface area (Å²) in [5.41, 5.74) is 0.430. The molecule has 1 aromatic rings. The van der Waals surface area contributed by atoms with Gasteiger partial charge in [-0.1, -0.05) is 18.2 Å². The molecule has 0 amide bonds. The van der Waals surface area contributed by atoms with Crippen LogP contribution in [0, 0.1) is 0 Å². The van der Waals surface area contributed by atoms with Crippen molar-refractivity contribution in [3.63, 3.8) is 0 Å². The summed E-state index contributed by atoms with van der Waals surface area (Å²) in [5, 5.41) is 9.85. The van der Waals surface area contributed by atoms with Gasteiger partial charge in [0, 0.05) is 13.3 Å². The van der Waals surface area contributed by atoms with Gasteiger partial charge in [0.2, 0.25) is 6.29 Å². The van der Waals surface area contributed by atoms with E-state index >= 15 is 0 Å². The van der Waals surface area contributed by atoms with Gasteiger partial charge in [0.05, 0.1) is 11.7 Å². The number of benzene rings is 1. The molecule has 0 unspecified atom stereocenters. The molecule has 1 saturated heterocycles.